The number of benzene rings is 3. The largest absolute Gasteiger partial charge is 0.454 e. The molecule has 0 saturated carbocycles. The van der Waals surface area contributed by atoms with Crippen molar-refractivity contribution >= 4 is 33.4 Å². The summed E-state index contributed by atoms with van der Waals surface area (Å²) in [5.41, 5.74) is 0.589. The van der Waals surface area contributed by atoms with Gasteiger partial charge in [-0.05, 0) is 41.3 Å². The van der Waals surface area contributed by atoms with Gasteiger partial charge < -0.3 is 14.8 Å². The van der Waals surface area contributed by atoms with Crippen LogP contribution >= 0.6 is 0 Å². The molecule has 0 saturated heterocycles. The van der Waals surface area contributed by atoms with E-state index in [2.05, 4.69) is 10.3 Å². The van der Waals surface area contributed by atoms with Crippen LogP contribution in [0.2, 0.25) is 0 Å². The van der Waals surface area contributed by atoms with Crippen molar-refractivity contribution in [3.8, 4) is 11.5 Å². The maximum atomic E-state index is 13.5. The lowest BCUT2D eigenvalue weighted by atomic mass is 10.1. The molecule has 5 aromatic rings. The summed E-state index contributed by atoms with van der Waals surface area (Å²) in [6.45, 7) is -0.172. The fourth-order valence-corrected chi connectivity index (χ4v) is 4.42. The average molecular weight is 480 g/mol. The summed E-state index contributed by atoms with van der Waals surface area (Å²) < 4.78 is 13.1. The molecule has 9 heteroatoms. The highest BCUT2D eigenvalue weighted by molar-refractivity contribution is 6.02. The Hall–Kier alpha value is -4.92. The van der Waals surface area contributed by atoms with Crippen LogP contribution < -0.4 is 26.0 Å². The molecule has 6 rings (SSSR count). The van der Waals surface area contributed by atoms with E-state index in [0.717, 1.165) is 15.3 Å². The van der Waals surface area contributed by atoms with Crippen LogP contribution in [0.4, 0.5) is 5.69 Å². The summed E-state index contributed by atoms with van der Waals surface area (Å²) in [6.07, 6.45) is 1.49. The van der Waals surface area contributed by atoms with Gasteiger partial charge in [0.2, 0.25) is 12.7 Å². The molecule has 0 unspecified atom stereocenters. The predicted octanol–water partition coefficient (Wildman–Crippen LogP) is 3.13. The van der Waals surface area contributed by atoms with E-state index in [1.807, 2.05) is 42.5 Å². The summed E-state index contributed by atoms with van der Waals surface area (Å²) in [4.78, 5) is 44.0. The molecule has 0 spiro atoms. The Bertz CT molecular complexity index is 1770. The molecular weight excluding hydrogens is 460 g/mol. The summed E-state index contributed by atoms with van der Waals surface area (Å²) in [7, 11) is 0. The van der Waals surface area contributed by atoms with Crippen molar-refractivity contribution in [2.75, 3.05) is 12.1 Å². The summed E-state index contributed by atoms with van der Waals surface area (Å²) in [6, 6.07) is 21.8. The Labute approximate surface area is 204 Å². The number of carbonyl (C=O) groups excluding carboxylic acids is 1. The van der Waals surface area contributed by atoms with Gasteiger partial charge in [-0.2, -0.15) is 0 Å². The number of amides is 1. The van der Waals surface area contributed by atoms with Gasteiger partial charge in [0.05, 0.1) is 12.1 Å². The Kier molecular flexibility index (Phi) is 5.22. The smallest absolute Gasteiger partial charge is 0.332 e. The highest BCUT2D eigenvalue weighted by atomic mass is 16.7. The van der Waals surface area contributed by atoms with E-state index in [0.29, 0.717) is 28.3 Å². The van der Waals surface area contributed by atoms with Crippen LogP contribution in [-0.4, -0.2) is 26.8 Å². The minimum Gasteiger partial charge on any atom is -0.454 e. The van der Waals surface area contributed by atoms with Crippen LogP contribution in [-0.2, 0) is 17.9 Å². The van der Waals surface area contributed by atoms with Crippen molar-refractivity contribution < 1.29 is 14.3 Å². The molecule has 3 aromatic carbocycles. The highest BCUT2D eigenvalue weighted by Crippen LogP contribution is 2.32. The first-order valence-electron chi connectivity index (χ1n) is 11.3. The number of aromatic nitrogens is 3. The van der Waals surface area contributed by atoms with Gasteiger partial charge in [-0.15, -0.1) is 0 Å². The lowest BCUT2D eigenvalue weighted by Crippen LogP contribution is -2.42. The van der Waals surface area contributed by atoms with Gasteiger partial charge in [0.25, 0.3) is 5.56 Å². The molecule has 0 radical (unpaired) electrons. The van der Waals surface area contributed by atoms with Gasteiger partial charge >= 0.3 is 5.69 Å². The van der Waals surface area contributed by atoms with Gasteiger partial charge in [0.1, 0.15) is 6.54 Å². The van der Waals surface area contributed by atoms with Crippen molar-refractivity contribution in [3.63, 3.8) is 0 Å². The van der Waals surface area contributed by atoms with Crippen molar-refractivity contribution in [1.82, 2.24) is 14.1 Å². The van der Waals surface area contributed by atoms with Gasteiger partial charge in [0.15, 0.2) is 17.0 Å². The molecule has 178 valence electrons. The number of nitrogens with zero attached hydrogens (tertiary/aromatic N) is 3. The number of hydrogen-bond acceptors (Lipinski definition) is 6. The first-order valence-corrected chi connectivity index (χ1v) is 11.3. The minimum absolute atomic E-state index is 0.00817. The lowest BCUT2D eigenvalue weighted by molar-refractivity contribution is -0.116. The Balaban J connectivity index is 1.38. The second kappa shape index (κ2) is 8.70. The molecule has 0 atom stereocenters. The molecule has 9 nitrogen and oxygen atoms in total. The number of ether oxygens (including phenoxy) is 2. The second-order valence-corrected chi connectivity index (χ2v) is 8.39. The van der Waals surface area contributed by atoms with E-state index in [9.17, 15) is 14.4 Å². The SMILES string of the molecule is O=C(Cn1c(=O)n(Cc2ccc3c(c2)OCO3)c(=O)c2ncccc21)Nc1cccc2ccccc12. The van der Waals surface area contributed by atoms with Crippen LogP contribution in [0.15, 0.2) is 88.6 Å². The molecule has 1 N–H and O–H groups in total. The minimum atomic E-state index is -0.605. The molecular formula is C27H20N4O5. The van der Waals surface area contributed by atoms with E-state index < -0.39 is 17.2 Å². The maximum Gasteiger partial charge on any atom is 0.332 e. The standard InChI is InChI=1S/C27H20N4O5/c32-24(29-20-8-3-6-18-5-1-2-7-19(18)20)15-30-21-9-4-12-28-25(21)26(33)31(27(30)34)14-17-10-11-22-23(13-17)36-16-35-22/h1-13H,14-16H2,(H,29,32). The molecule has 2 aromatic heterocycles. The van der Waals surface area contributed by atoms with Crippen molar-refractivity contribution in [2.24, 2.45) is 0 Å². The molecule has 1 aliphatic rings. The van der Waals surface area contributed by atoms with Crippen molar-refractivity contribution in [2.45, 2.75) is 13.1 Å². The summed E-state index contributed by atoms with van der Waals surface area (Å²) >= 11 is 0. The van der Waals surface area contributed by atoms with E-state index in [-0.39, 0.29) is 25.4 Å². The lowest BCUT2D eigenvalue weighted by Gasteiger charge is -2.14. The van der Waals surface area contributed by atoms with Crippen LogP contribution in [0.3, 0.4) is 0 Å². The molecule has 3 heterocycles. The van der Waals surface area contributed by atoms with E-state index in [4.69, 9.17) is 9.47 Å². The van der Waals surface area contributed by atoms with Gasteiger partial charge in [-0.1, -0.05) is 42.5 Å². The number of nitrogens with one attached hydrogen (secondary N) is 1. The zero-order valence-corrected chi connectivity index (χ0v) is 19.0. The fourth-order valence-electron chi connectivity index (χ4n) is 4.42. The van der Waals surface area contributed by atoms with Crippen LogP contribution in [0.25, 0.3) is 21.8 Å². The monoisotopic (exact) mass is 480 g/mol. The summed E-state index contributed by atoms with van der Waals surface area (Å²) in [5.74, 6) is 0.759. The quantitative estimate of drug-likeness (QED) is 0.415. The Morgan fingerprint density at radius 2 is 1.75 bits per heavy atom. The van der Waals surface area contributed by atoms with Crippen LogP contribution in [0, 0.1) is 0 Å². The number of anilines is 1. The number of fused-ring (bicyclic) bond motifs is 3. The maximum absolute atomic E-state index is 13.5. The third kappa shape index (κ3) is 3.76. The van der Waals surface area contributed by atoms with E-state index >= 15 is 0 Å². The molecule has 1 aliphatic heterocycles. The third-order valence-electron chi connectivity index (χ3n) is 6.13. The van der Waals surface area contributed by atoms with Crippen molar-refractivity contribution in [3.05, 3.63) is 105 Å². The second-order valence-electron chi connectivity index (χ2n) is 8.39. The number of carbonyl (C=O) groups is 1. The van der Waals surface area contributed by atoms with Gasteiger partial charge in [-0.25, -0.2) is 9.78 Å². The average Bonchev–Trinajstić information content (AvgIpc) is 3.37. The Morgan fingerprint density at radius 3 is 2.67 bits per heavy atom. The first kappa shape index (κ1) is 21.6. The fraction of sp³-hybridized carbons (Fsp3) is 0.111. The van der Waals surface area contributed by atoms with Gasteiger partial charge in [-0.3, -0.25) is 18.7 Å². The van der Waals surface area contributed by atoms with E-state index in [1.54, 1.807) is 30.3 Å². The normalized spacial score (nSPS) is 12.2. The van der Waals surface area contributed by atoms with Gasteiger partial charge in [0, 0.05) is 17.3 Å². The topological polar surface area (TPSA) is 104 Å². The molecule has 1 amide bonds. The first-order chi connectivity index (χ1) is 17.6. The molecule has 36 heavy (non-hydrogen) atoms. The molecule has 0 fully saturated rings. The highest BCUT2D eigenvalue weighted by Gasteiger charge is 2.19. The molecule has 0 aliphatic carbocycles. The Morgan fingerprint density at radius 1 is 0.917 bits per heavy atom. The van der Waals surface area contributed by atoms with E-state index in [1.165, 1.54) is 10.8 Å². The molecule has 0 bridgehead atoms. The zero-order chi connectivity index (χ0) is 24.6. The van der Waals surface area contributed by atoms with Crippen LogP contribution in [0.1, 0.15) is 5.56 Å². The number of pyridine rings is 1. The number of hydrogen-bond donors (Lipinski definition) is 1. The van der Waals surface area contributed by atoms with Crippen LogP contribution in [0.5, 0.6) is 11.5 Å². The predicted molar refractivity (Wildman–Crippen MR) is 135 cm³/mol. The third-order valence-corrected chi connectivity index (χ3v) is 6.13. The zero-order valence-electron chi connectivity index (χ0n) is 19.0. The van der Waals surface area contributed by atoms with Crippen molar-refractivity contribution in [1.29, 1.82) is 0 Å². The number of rotatable bonds is 5. The summed E-state index contributed by atoms with van der Waals surface area (Å²) in [5, 5.41) is 4.77.